The topological polar surface area (TPSA) is 35.5 Å². The van der Waals surface area contributed by atoms with Crippen molar-refractivity contribution in [3.8, 4) is 0 Å². The Morgan fingerprint density at radius 2 is 1.03 bits per heavy atom. The largest absolute Gasteiger partial charge is 0.395 e. The minimum Gasteiger partial charge on any atom is -0.395 e. The maximum Gasteiger partial charge on any atom is 0.0982 e. The standard InChI is InChI=1S/C27H54N2O/c1-2-3-4-5-6-7-8-9-10-11-12-13-14-15-16-17-18-19-20-21-22-27-28-23-24-29(27)25-26-30/h23-24,27-28,30H,2-22,25-26H2,1H3. The van der Waals surface area contributed by atoms with E-state index in [1.807, 2.05) is 6.20 Å². The fourth-order valence-corrected chi connectivity index (χ4v) is 4.64. The molecule has 1 aliphatic heterocycles. The number of β-amino-alcohol motifs (C(OH)–C–C–N with tert-alkyl or cyclic N) is 1. The number of rotatable bonds is 23. The normalized spacial score (nSPS) is 15.8. The van der Waals surface area contributed by atoms with Crippen LogP contribution < -0.4 is 5.32 Å². The van der Waals surface area contributed by atoms with Crippen LogP contribution in [0.25, 0.3) is 0 Å². The van der Waals surface area contributed by atoms with Crippen molar-refractivity contribution in [2.24, 2.45) is 0 Å². The summed E-state index contributed by atoms with van der Waals surface area (Å²) in [4.78, 5) is 2.22. The number of nitrogens with zero attached hydrogens (tertiary/aromatic N) is 1. The second-order valence-corrected chi connectivity index (χ2v) is 9.47. The van der Waals surface area contributed by atoms with Crippen molar-refractivity contribution in [3.63, 3.8) is 0 Å². The van der Waals surface area contributed by atoms with Crippen molar-refractivity contribution >= 4 is 0 Å². The van der Waals surface area contributed by atoms with Crippen molar-refractivity contribution in [3.05, 3.63) is 12.4 Å². The number of hydrogen-bond donors (Lipinski definition) is 2. The summed E-state index contributed by atoms with van der Waals surface area (Å²) in [6, 6.07) is 0. The molecule has 30 heavy (non-hydrogen) atoms. The molecule has 0 aromatic heterocycles. The van der Waals surface area contributed by atoms with E-state index in [9.17, 15) is 0 Å². The molecule has 0 aromatic rings. The van der Waals surface area contributed by atoms with Crippen LogP contribution in [0.4, 0.5) is 0 Å². The molecule has 0 fully saturated rings. The van der Waals surface area contributed by atoms with Crippen LogP contribution in [0, 0.1) is 0 Å². The molecule has 1 unspecified atom stereocenters. The lowest BCUT2D eigenvalue weighted by Crippen LogP contribution is -2.36. The van der Waals surface area contributed by atoms with E-state index in [0.717, 1.165) is 6.54 Å². The first-order valence-electron chi connectivity index (χ1n) is 13.7. The maximum atomic E-state index is 9.08. The van der Waals surface area contributed by atoms with E-state index in [2.05, 4.69) is 23.3 Å². The monoisotopic (exact) mass is 422 g/mol. The van der Waals surface area contributed by atoms with Gasteiger partial charge in [0.2, 0.25) is 0 Å². The lowest BCUT2D eigenvalue weighted by Gasteiger charge is -2.24. The highest BCUT2D eigenvalue weighted by atomic mass is 16.3. The van der Waals surface area contributed by atoms with Gasteiger partial charge in [-0.2, -0.15) is 0 Å². The Bertz CT molecular complexity index is 372. The molecule has 1 heterocycles. The lowest BCUT2D eigenvalue weighted by molar-refractivity contribution is 0.194. The molecule has 1 atom stereocenters. The van der Waals surface area contributed by atoms with Crippen molar-refractivity contribution in [2.45, 2.75) is 148 Å². The van der Waals surface area contributed by atoms with Gasteiger partial charge in [-0.05, 0) is 12.8 Å². The predicted octanol–water partition coefficient (Wildman–Crippen LogP) is 7.89. The van der Waals surface area contributed by atoms with Gasteiger partial charge in [0, 0.05) is 18.9 Å². The van der Waals surface area contributed by atoms with Gasteiger partial charge in [0.25, 0.3) is 0 Å². The first-order valence-corrected chi connectivity index (χ1v) is 13.7. The number of aliphatic hydroxyl groups excluding tert-OH is 1. The van der Waals surface area contributed by atoms with E-state index in [1.165, 1.54) is 135 Å². The third-order valence-corrected chi connectivity index (χ3v) is 6.64. The van der Waals surface area contributed by atoms with Gasteiger partial charge in [-0.15, -0.1) is 0 Å². The van der Waals surface area contributed by atoms with E-state index in [1.54, 1.807) is 0 Å². The van der Waals surface area contributed by atoms with Gasteiger partial charge in [-0.25, -0.2) is 0 Å². The summed E-state index contributed by atoms with van der Waals surface area (Å²) in [5.41, 5.74) is 0. The third kappa shape index (κ3) is 16.1. The molecule has 0 amide bonds. The van der Waals surface area contributed by atoms with Crippen LogP contribution in [-0.2, 0) is 0 Å². The zero-order valence-corrected chi connectivity index (χ0v) is 20.4. The first kappa shape index (κ1) is 27.3. The van der Waals surface area contributed by atoms with Gasteiger partial charge in [0.1, 0.15) is 0 Å². The second-order valence-electron chi connectivity index (χ2n) is 9.47. The van der Waals surface area contributed by atoms with E-state index in [0.29, 0.717) is 6.17 Å². The molecule has 0 radical (unpaired) electrons. The first-order chi connectivity index (χ1) is 14.9. The fourth-order valence-electron chi connectivity index (χ4n) is 4.64. The van der Waals surface area contributed by atoms with Crippen molar-refractivity contribution < 1.29 is 5.11 Å². The van der Waals surface area contributed by atoms with Gasteiger partial charge in [-0.1, -0.05) is 129 Å². The smallest absolute Gasteiger partial charge is 0.0982 e. The summed E-state index contributed by atoms with van der Waals surface area (Å²) in [7, 11) is 0. The van der Waals surface area contributed by atoms with Crippen molar-refractivity contribution in [2.75, 3.05) is 13.2 Å². The molecule has 0 saturated carbocycles. The third-order valence-electron chi connectivity index (χ3n) is 6.64. The van der Waals surface area contributed by atoms with Gasteiger partial charge in [0.15, 0.2) is 0 Å². The zero-order valence-electron chi connectivity index (χ0n) is 20.4. The van der Waals surface area contributed by atoms with Crippen molar-refractivity contribution in [1.82, 2.24) is 10.2 Å². The molecule has 0 bridgehead atoms. The average molecular weight is 423 g/mol. The van der Waals surface area contributed by atoms with Crippen LogP contribution in [0.3, 0.4) is 0 Å². The van der Waals surface area contributed by atoms with Crippen LogP contribution in [-0.4, -0.2) is 29.3 Å². The molecular formula is C27H54N2O. The van der Waals surface area contributed by atoms with Crippen LogP contribution >= 0.6 is 0 Å². The molecule has 3 nitrogen and oxygen atoms in total. The summed E-state index contributed by atoms with van der Waals surface area (Å²) < 4.78 is 0. The highest BCUT2D eigenvalue weighted by molar-refractivity contribution is 4.93. The Labute approximate surface area is 189 Å². The van der Waals surface area contributed by atoms with Gasteiger partial charge < -0.3 is 15.3 Å². The van der Waals surface area contributed by atoms with Crippen LogP contribution in [0.1, 0.15) is 142 Å². The van der Waals surface area contributed by atoms with E-state index in [-0.39, 0.29) is 6.61 Å². The quantitative estimate of drug-likeness (QED) is 0.164. The van der Waals surface area contributed by atoms with Gasteiger partial charge >= 0.3 is 0 Å². The Hall–Kier alpha value is -0.700. The summed E-state index contributed by atoms with van der Waals surface area (Å²) in [6.07, 6.45) is 34.4. The number of unbranched alkanes of at least 4 members (excludes halogenated alkanes) is 19. The van der Waals surface area contributed by atoms with E-state index in [4.69, 9.17) is 5.11 Å². The molecule has 0 saturated heterocycles. The summed E-state index contributed by atoms with van der Waals surface area (Å²) in [5, 5.41) is 12.5. The SMILES string of the molecule is CCCCCCCCCCCCCCCCCCCCCCC1NC=CN1CCO. The summed E-state index contributed by atoms with van der Waals surface area (Å²) in [6.45, 7) is 3.28. The predicted molar refractivity (Wildman–Crippen MR) is 132 cm³/mol. The highest BCUT2D eigenvalue weighted by Gasteiger charge is 2.16. The minimum absolute atomic E-state index is 0.238. The number of aliphatic hydroxyl groups is 1. The van der Waals surface area contributed by atoms with Gasteiger partial charge in [-0.3, -0.25) is 0 Å². The molecule has 1 aliphatic rings. The van der Waals surface area contributed by atoms with Gasteiger partial charge in [0.05, 0.1) is 12.8 Å². The van der Waals surface area contributed by atoms with E-state index >= 15 is 0 Å². The molecular weight excluding hydrogens is 368 g/mol. The Morgan fingerprint density at radius 1 is 0.633 bits per heavy atom. The lowest BCUT2D eigenvalue weighted by atomic mass is 10.0. The maximum absolute atomic E-state index is 9.08. The molecule has 0 spiro atoms. The molecule has 178 valence electrons. The van der Waals surface area contributed by atoms with Crippen LogP contribution in [0.15, 0.2) is 12.4 Å². The molecule has 3 heteroatoms. The summed E-state index contributed by atoms with van der Waals surface area (Å²) >= 11 is 0. The molecule has 0 aromatic carbocycles. The van der Waals surface area contributed by atoms with Crippen LogP contribution in [0.2, 0.25) is 0 Å². The molecule has 1 rings (SSSR count). The average Bonchev–Trinajstić information content (AvgIpc) is 3.19. The number of hydrogen-bond acceptors (Lipinski definition) is 3. The highest BCUT2D eigenvalue weighted by Crippen LogP contribution is 2.16. The molecule has 2 N–H and O–H groups in total. The minimum atomic E-state index is 0.238. The summed E-state index contributed by atoms with van der Waals surface area (Å²) in [5.74, 6) is 0. The second kappa shape index (κ2) is 21.5. The van der Waals surface area contributed by atoms with Crippen molar-refractivity contribution in [1.29, 1.82) is 0 Å². The Balaban J connectivity index is 1.69. The van der Waals surface area contributed by atoms with E-state index < -0.39 is 0 Å². The Morgan fingerprint density at radius 3 is 1.43 bits per heavy atom. The fraction of sp³-hybridized carbons (Fsp3) is 0.926. The zero-order chi connectivity index (χ0) is 21.5. The number of nitrogens with one attached hydrogen (secondary N) is 1. The van der Waals surface area contributed by atoms with Crippen LogP contribution in [0.5, 0.6) is 0 Å². The molecule has 0 aliphatic carbocycles. The Kier molecular flexibility index (Phi) is 19.6.